The first-order valence-corrected chi connectivity index (χ1v) is 6.87. The molecule has 108 valence electrons. The largest absolute Gasteiger partial charge is 0.573 e. The predicted molar refractivity (Wildman–Crippen MR) is 71.9 cm³/mol. The number of anilines is 1. The quantitative estimate of drug-likeness (QED) is 0.898. The number of nitrogens with zero attached hydrogens (tertiary/aromatic N) is 1. The molecule has 2 aromatic rings. The first-order valence-electron chi connectivity index (χ1n) is 5.99. The molecule has 0 fully saturated rings. The maximum absolute atomic E-state index is 12.1. The number of benzene rings is 1. The zero-order valence-corrected chi connectivity index (χ0v) is 11.5. The van der Waals surface area contributed by atoms with Gasteiger partial charge in [0.15, 0.2) is 0 Å². The molecule has 1 aromatic carbocycles. The predicted octanol–water partition coefficient (Wildman–Crippen LogP) is 4.22. The fraction of sp³-hybridized carbons (Fsp3) is 0.308. The minimum absolute atomic E-state index is 0.241. The van der Waals surface area contributed by atoms with Crippen molar-refractivity contribution < 1.29 is 17.9 Å². The lowest BCUT2D eigenvalue weighted by atomic mass is 10.3. The van der Waals surface area contributed by atoms with Crippen molar-refractivity contribution >= 4 is 17.0 Å². The van der Waals surface area contributed by atoms with Gasteiger partial charge in [0.25, 0.3) is 0 Å². The first-order chi connectivity index (χ1) is 9.46. The standard InChI is InChI=1S/C13H13F3N2OS/c1-2-12-18-10(8-20-12)7-17-9-4-3-5-11(6-9)19-13(14,15)16/h3-6,8,17H,2,7H2,1H3. The number of ether oxygens (including phenoxy) is 1. The SMILES string of the molecule is CCc1nc(CNc2cccc(OC(F)(F)F)c2)cs1. The van der Waals surface area contributed by atoms with Crippen LogP contribution in [0.5, 0.6) is 5.75 Å². The van der Waals surface area contributed by atoms with E-state index in [9.17, 15) is 13.2 Å². The van der Waals surface area contributed by atoms with Crippen LogP contribution in [0.3, 0.4) is 0 Å². The minimum atomic E-state index is -4.68. The molecule has 0 bridgehead atoms. The Morgan fingerprint density at radius 2 is 2.15 bits per heavy atom. The van der Waals surface area contributed by atoms with Gasteiger partial charge in [-0.05, 0) is 18.6 Å². The normalized spacial score (nSPS) is 11.4. The van der Waals surface area contributed by atoms with Crippen molar-refractivity contribution in [3.05, 3.63) is 40.3 Å². The summed E-state index contributed by atoms with van der Waals surface area (Å²) >= 11 is 1.57. The van der Waals surface area contributed by atoms with Crippen LogP contribution in [0.15, 0.2) is 29.6 Å². The van der Waals surface area contributed by atoms with Crippen molar-refractivity contribution in [2.24, 2.45) is 0 Å². The number of thiazole rings is 1. The lowest BCUT2D eigenvalue weighted by Gasteiger charge is -2.10. The maximum atomic E-state index is 12.1. The van der Waals surface area contributed by atoms with E-state index in [0.717, 1.165) is 17.1 Å². The lowest BCUT2D eigenvalue weighted by Crippen LogP contribution is -2.17. The Hall–Kier alpha value is -1.76. The van der Waals surface area contributed by atoms with Crippen molar-refractivity contribution in [3.63, 3.8) is 0 Å². The summed E-state index contributed by atoms with van der Waals surface area (Å²) in [5.74, 6) is -0.241. The van der Waals surface area contributed by atoms with Crippen LogP contribution in [0, 0.1) is 0 Å². The van der Waals surface area contributed by atoms with Gasteiger partial charge in [-0.25, -0.2) is 4.98 Å². The fourth-order valence-electron chi connectivity index (χ4n) is 1.59. The van der Waals surface area contributed by atoms with Gasteiger partial charge in [-0.15, -0.1) is 24.5 Å². The smallest absolute Gasteiger partial charge is 0.406 e. The first kappa shape index (κ1) is 14.6. The molecular formula is C13H13F3N2OS. The van der Waals surface area contributed by atoms with Gasteiger partial charge >= 0.3 is 6.36 Å². The number of aryl methyl sites for hydroxylation is 1. The average Bonchev–Trinajstić information content (AvgIpc) is 2.83. The Morgan fingerprint density at radius 1 is 1.35 bits per heavy atom. The molecule has 1 N–H and O–H groups in total. The number of nitrogens with one attached hydrogen (secondary N) is 1. The highest BCUT2D eigenvalue weighted by molar-refractivity contribution is 7.09. The van der Waals surface area contributed by atoms with E-state index in [2.05, 4.69) is 15.0 Å². The molecule has 0 saturated carbocycles. The molecule has 0 atom stereocenters. The molecule has 0 spiro atoms. The van der Waals surface area contributed by atoms with E-state index in [1.807, 2.05) is 12.3 Å². The molecule has 0 unspecified atom stereocenters. The summed E-state index contributed by atoms with van der Waals surface area (Å²) in [6.45, 7) is 2.49. The highest BCUT2D eigenvalue weighted by atomic mass is 32.1. The Morgan fingerprint density at radius 3 is 2.80 bits per heavy atom. The third kappa shape index (κ3) is 4.41. The zero-order valence-electron chi connectivity index (χ0n) is 10.7. The van der Waals surface area contributed by atoms with Gasteiger partial charge in [0.05, 0.1) is 17.2 Å². The molecule has 0 aliphatic heterocycles. The van der Waals surface area contributed by atoms with E-state index in [1.54, 1.807) is 17.4 Å². The summed E-state index contributed by atoms with van der Waals surface area (Å²) in [5.41, 5.74) is 1.42. The Kier molecular flexibility index (Phi) is 4.49. The van der Waals surface area contributed by atoms with E-state index < -0.39 is 6.36 Å². The van der Waals surface area contributed by atoms with Gasteiger partial charge in [-0.2, -0.15) is 0 Å². The second kappa shape index (κ2) is 6.13. The molecule has 2 rings (SSSR count). The second-order valence-corrected chi connectivity index (χ2v) is 4.96. The Balaban J connectivity index is 1.97. The van der Waals surface area contributed by atoms with Gasteiger partial charge in [0.2, 0.25) is 0 Å². The van der Waals surface area contributed by atoms with Gasteiger partial charge < -0.3 is 10.1 Å². The number of hydrogen-bond acceptors (Lipinski definition) is 4. The van der Waals surface area contributed by atoms with Crippen LogP contribution in [0.25, 0.3) is 0 Å². The third-order valence-electron chi connectivity index (χ3n) is 2.44. The zero-order chi connectivity index (χ0) is 14.6. The molecule has 0 saturated heterocycles. The topological polar surface area (TPSA) is 34.2 Å². The van der Waals surface area contributed by atoms with Crippen molar-refractivity contribution in [2.75, 3.05) is 5.32 Å². The molecule has 0 aliphatic rings. The van der Waals surface area contributed by atoms with E-state index in [0.29, 0.717) is 12.2 Å². The number of halogens is 3. The molecule has 0 amide bonds. The Labute approximate surface area is 118 Å². The number of rotatable bonds is 5. The minimum Gasteiger partial charge on any atom is -0.406 e. The fourth-order valence-corrected chi connectivity index (χ4v) is 2.33. The summed E-state index contributed by atoms with van der Waals surface area (Å²) < 4.78 is 40.2. The van der Waals surface area contributed by atoms with Gasteiger partial charge in [-0.1, -0.05) is 13.0 Å². The molecule has 7 heteroatoms. The summed E-state index contributed by atoms with van der Waals surface area (Å²) in [6, 6.07) is 5.75. The van der Waals surface area contributed by atoms with Crippen LogP contribution in [0.2, 0.25) is 0 Å². The maximum Gasteiger partial charge on any atom is 0.573 e. The van der Waals surface area contributed by atoms with Crippen molar-refractivity contribution in [1.82, 2.24) is 4.98 Å². The Bertz CT molecular complexity index is 569. The van der Waals surface area contributed by atoms with Crippen molar-refractivity contribution in [2.45, 2.75) is 26.3 Å². The van der Waals surface area contributed by atoms with Gasteiger partial charge in [0, 0.05) is 17.1 Å². The summed E-state index contributed by atoms with van der Waals surface area (Å²) in [6.07, 6.45) is -3.80. The van der Waals surface area contributed by atoms with Crippen LogP contribution in [0.1, 0.15) is 17.6 Å². The van der Waals surface area contributed by atoms with Crippen LogP contribution >= 0.6 is 11.3 Å². The molecule has 1 heterocycles. The van der Waals surface area contributed by atoms with E-state index in [1.165, 1.54) is 18.2 Å². The summed E-state index contributed by atoms with van der Waals surface area (Å²) in [5, 5.41) is 5.99. The van der Waals surface area contributed by atoms with Crippen LogP contribution in [-0.2, 0) is 13.0 Å². The molecular weight excluding hydrogens is 289 g/mol. The van der Waals surface area contributed by atoms with E-state index in [4.69, 9.17) is 0 Å². The molecule has 1 aromatic heterocycles. The third-order valence-corrected chi connectivity index (χ3v) is 3.48. The average molecular weight is 302 g/mol. The molecule has 20 heavy (non-hydrogen) atoms. The van der Waals surface area contributed by atoms with Crippen molar-refractivity contribution in [3.8, 4) is 5.75 Å². The number of hydrogen-bond donors (Lipinski definition) is 1. The van der Waals surface area contributed by atoms with Gasteiger partial charge in [-0.3, -0.25) is 0 Å². The monoisotopic (exact) mass is 302 g/mol. The molecule has 0 radical (unpaired) electrons. The number of aromatic nitrogens is 1. The lowest BCUT2D eigenvalue weighted by molar-refractivity contribution is -0.274. The van der Waals surface area contributed by atoms with Crippen molar-refractivity contribution in [1.29, 1.82) is 0 Å². The highest BCUT2D eigenvalue weighted by Crippen LogP contribution is 2.25. The second-order valence-electron chi connectivity index (χ2n) is 4.02. The summed E-state index contributed by atoms with van der Waals surface area (Å²) in [7, 11) is 0. The number of alkyl halides is 3. The van der Waals surface area contributed by atoms with E-state index in [-0.39, 0.29) is 5.75 Å². The highest BCUT2D eigenvalue weighted by Gasteiger charge is 2.31. The summed E-state index contributed by atoms with van der Waals surface area (Å²) in [4.78, 5) is 4.37. The van der Waals surface area contributed by atoms with E-state index >= 15 is 0 Å². The van der Waals surface area contributed by atoms with Crippen LogP contribution in [0.4, 0.5) is 18.9 Å². The molecule has 0 aliphatic carbocycles. The molecule has 3 nitrogen and oxygen atoms in total. The van der Waals surface area contributed by atoms with Crippen LogP contribution in [-0.4, -0.2) is 11.3 Å². The van der Waals surface area contributed by atoms with Gasteiger partial charge in [0.1, 0.15) is 5.75 Å². The van der Waals surface area contributed by atoms with Crippen LogP contribution < -0.4 is 10.1 Å².